The average molecular weight is 214 g/mol. The minimum atomic E-state index is -1.41. The summed E-state index contributed by atoms with van der Waals surface area (Å²) in [5, 5.41) is 14.0. The first-order valence-corrected chi connectivity index (χ1v) is 4.71. The number of carbonyl (C=O) groups is 1. The van der Waals surface area contributed by atoms with E-state index in [2.05, 4.69) is 10.5 Å². The highest BCUT2D eigenvalue weighted by atomic mass is 16.3. The molecule has 15 heavy (non-hydrogen) atoms. The summed E-state index contributed by atoms with van der Waals surface area (Å²) in [5.41, 5.74) is 5.30. The van der Waals surface area contributed by atoms with Gasteiger partial charge in [-0.1, -0.05) is 13.3 Å². The normalized spacial score (nSPS) is 21.6. The molecule has 0 aromatic carbocycles. The smallest absolute Gasteiger partial charge is 0.325 e. The van der Waals surface area contributed by atoms with Crippen molar-refractivity contribution in [2.45, 2.75) is 26.0 Å². The number of nitroso groups, excluding NO2 is 1. The lowest BCUT2D eigenvalue weighted by Crippen LogP contribution is -2.52. The van der Waals surface area contributed by atoms with Crippen LogP contribution in [0.2, 0.25) is 0 Å². The van der Waals surface area contributed by atoms with Gasteiger partial charge in [0, 0.05) is 6.54 Å². The molecule has 84 valence electrons. The van der Waals surface area contributed by atoms with Crippen LogP contribution in [0.15, 0.2) is 16.7 Å². The lowest BCUT2D eigenvalue weighted by molar-refractivity contribution is 0.136. The summed E-state index contributed by atoms with van der Waals surface area (Å²) < 4.78 is 0. The second-order valence-corrected chi connectivity index (χ2v) is 3.22. The van der Waals surface area contributed by atoms with Gasteiger partial charge >= 0.3 is 6.03 Å². The average Bonchev–Trinajstić information content (AvgIpc) is 2.17. The van der Waals surface area contributed by atoms with Crippen molar-refractivity contribution in [2.75, 3.05) is 6.54 Å². The van der Waals surface area contributed by atoms with E-state index in [1.807, 2.05) is 6.92 Å². The van der Waals surface area contributed by atoms with E-state index in [0.29, 0.717) is 6.54 Å². The highest BCUT2D eigenvalue weighted by Crippen LogP contribution is 2.16. The van der Waals surface area contributed by atoms with Crippen LogP contribution in [0.3, 0.4) is 0 Å². The highest BCUT2D eigenvalue weighted by Gasteiger charge is 2.31. The number of carbonyl (C=O) groups excluding carboxylic acids is 1. The molecule has 0 radical (unpaired) electrons. The van der Waals surface area contributed by atoms with Crippen molar-refractivity contribution in [3.05, 3.63) is 16.4 Å². The van der Waals surface area contributed by atoms with Crippen molar-refractivity contribution in [3.63, 3.8) is 0 Å². The number of unbranched alkanes of at least 4 members (excludes halogenated alkanes) is 1. The third-order valence-corrected chi connectivity index (χ3v) is 2.15. The third-order valence-electron chi connectivity index (χ3n) is 2.15. The summed E-state index contributed by atoms with van der Waals surface area (Å²) in [6.45, 7) is 2.37. The van der Waals surface area contributed by atoms with E-state index in [1.165, 1.54) is 4.90 Å². The predicted octanol–water partition coefficient (Wildman–Crippen LogP) is 0.0243. The van der Waals surface area contributed by atoms with E-state index in [4.69, 9.17) is 5.73 Å². The quantitative estimate of drug-likeness (QED) is 0.573. The molecule has 1 heterocycles. The summed E-state index contributed by atoms with van der Waals surface area (Å²) >= 11 is 0. The number of urea groups is 1. The van der Waals surface area contributed by atoms with E-state index in [1.54, 1.807) is 0 Å². The van der Waals surface area contributed by atoms with Gasteiger partial charge in [0.2, 0.25) is 0 Å². The van der Waals surface area contributed by atoms with E-state index in [0.717, 1.165) is 12.8 Å². The van der Waals surface area contributed by atoms with Crippen LogP contribution in [0.1, 0.15) is 19.8 Å². The molecule has 1 aliphatic rings. The SMILES string of the molecule is CCCCN1C(=O)NC(O)C(N=O)=C1N. The Hall–Kier alpha value is -1.63. The maximum absolute atomic E-state index is 11.4. The largest absolute Gasteiger partial charge is 0.383 e. The molecule has 0 saturated heterocycles. The lowest BCUT2D eigenvalue weighted by atomic mass is 10.2. The number of amides is 2. The molecule has 4 N–H and O–H groups in total. The second kappa shape index (κ2) is 4.74. The fourth-order valence-corrected chi connectivity index (χ4v) is 1.29. The first-order chi connectivity index (χ1) is 7.11. The molecule has 7 heteroatoms. The number of nitrogens with zero attached hydrogens (tertiary/aromatic N) is 2. The third kappa shape index (κ3) is 2.24. The summed E-state index contributed by atoms with van der Waals surface area (Å²) in [6, 6.07) is -0.513. The zero-order valence-corrected chi connectivity index (χ0v) is 8.43. The van der Waals surface area contributed by atoms with Gasteiger partial charge in [0.05, 0.1) is 0 Å². The van der Waals surface area contributed by atoms with Crippen LogP contribution < -0.4 is 11.1 Å². The number of nitrogens with one attached hydrogen (secondary N) is 1. The molecule has 0 spiro atoms. The van der Waals surface area contributed by atoms with Crippen molar-refractivity contribution in [1.29, 1.82) is 0 Å². The molecule has 1 aliphatic heterocycles. The maximum atomic E-state index is 11.4. The lowest BCUT2D eigenvalue weighted by Gasteiger charge is -2.30. The molecule has 0 fully saturated rings. The van der Waals surface area contributed by atoms with Crippen LogP contribution in [0.25, 0.3) is 0 Å². The minimum Gasteiger partial charge on any atom is -0.383 e. The van der Waals surface area contributed by atoms with Crippen LogP contribution in [-0.2, 0) is 0 Å². The van der Waals surface area contributed by atoms with Crippen LogP contribution in [0.5, 0.6) is 0 Å². The van der Waals surface area contributed by atoms with E-state index >= 15 is 0 Å². The second-order valence-electron chi connectivity index (χ2n) is 3.22. The van der Waals surface area contributed by atoms with Crippen molar-refractivity contribution in [1.82, 2.24) is 10.2 Å². The number of aliphatic hydroxyl groups is 1. The van der Waals surface area contributed by atoms with E-state index in [9.17, 15) is 14.8 Å². The molecule has 0 aromatic heterocycles. The van der Waals surface area contributed by atoms with Crippen LogP contribution >= 0.6 is 0 Å². The number of aliphatic hydroxyl groups excluding tert-OH is 1. The monoisotopic (exact) mass is 214 g/mol. The Morgan fingerprint density at radius 3 is 2.87 bits per heavy atom. The Labute approximate surface area is 86.9 Å². The zero-order chi connectivity index (χ0) is 11.4. The Balaban J connectivity index is 2.89. The number of hydrogen-bond acceptors (Lipinski definition) is 5. The van der Waals surface area contributed by atoms with E-state index < -0.39 is 12.3 Å². The van der Waals surface area contributed by atoms with Gasteiger partial charge in [0.1, 0.15) is 5.82 Å². The van der Waals surface area contributed by atoms with E-state index in [-0.39, 0.29) is 11.5 Å². The van der Waals surface area contributed by atoms with Crippen LogP contribution in [-0.4, -0.2) is 28.8 Å². The van der Waals surface area contributed by atoms with Crippen molar-refractivity contribution in [3.8, 4) is 0 Å². The molecule has 7 nitrogen and oxygen atoms in total. The van der Waals surface area contributed by atoms with Gasteiger partial charge in [-0.05, 0) is 11.6 Å². The summed E-state index contributed by atoms with van der Waals surface area (Å²) in [6.07, 6.45) is 0.243. The standard InChI is InChI=1S/C8H14N4O3/c1-2-3-4-12-6(9)5(11-15)7(13)10-8(12)14/h7,13H,2-4,9H2,1H3,(H,10,14). The predicted molar refractivity (Wildman–Crippen MR) is 53.2 cm³/mol. The van der Waals surface area contributed by atoms with Gasteiger partial charge in [0.25, 0.3) is 0 Å². The number of nitrogens with two attached hydrogens (primary N) is 1. The topological polar surface area (TPSA) is 108 Å². The molecular formula is C8H14N4O3. The van der Waals surface area contributed by atoms with Crippen molar-refractivity contribution < 1.29 is 9.90 Å². The van der Waals surface area contributed by atoms with Crippen molar-refractivity contribution in [2.24, 2.45) is 10.9 Å². The molecule has 0 saturated carbocycles. The van der Waals surface area contributed by atoms with Gasteiger partial charge in [-0.3, -0.25) is 4.90 Å². The van der Waals surface area contributed by atoms with Gasteiger partial charge in [-0.15, -0.1) is 4.91 Å². The molecule has 1 atom stereocenters. The Kier molecular flexibility index (Phi) is 3.62. The molecule has 2 amide bonds. The van der Waals surface area contributed by atoms with Gasteiger partial charge in [-0.25, -0.2) is 4.79 Å². The summed E-state index contributed by atoms with van der Waals surface area (Å²) in [4.78, 5) is 23.0. The number of rotatable bonds is 4. The van der Waals surface area contributed by atoms with Gasteiger partial charge < -0.3 is 16.2 Å². The van der Waals surface area contributed by atoms with Gasteiger partial charge in [0.15, 0.2) is 11.9 Å². The Morgan fingerprint density at radius 1 is 1.67 bits per heavy atom. The number of hydrogen-bond donors (Lipinski definition) is 3. The fourth-order valence-electron chi connectivity index (χ4n) is 1.29. The van der Waals surface area contributed by atoms with Gasteiger partial charge in [-0.2, -0.15) is 0 Å². The molecule has 0 aliphatic carbocycles. The molecule has 0 aromatic rings. The maximum Gasteiger partial charge on any atom is 0.325 e. The zero-order valence-electron chi connectivity index (χ0n) is 8.43. The van der Waals surface area contributed by atoms with Crippen LogP contribution in [0, 0.1) is 4.91 Å². The molecule has 1 rings (SSSR count). The Morgan fingerprint density at radius 2 is 2.33 bits per heavy atom. The highest BCUT2D eigenvalue weighted by molar-refractivity contribution is 5.78. The molecular weight excluding hydrogens is 200 g/mol. The summed E-state index contributed by atoms with van der Waals surface area (Å²) in [5.74, 6) is -0.0744. The summed E-state index contributed by atoms with van der Waals surface area (Å²) in [7, 11) is 0. The first-order valence-electron chi connectivity index (χ1n) is 4.71. The molecule has 1 unspecified atom stereocenters. The minimum absolute atomic E-state index is 0.0744. The fraction of sp³-hybridized carbons (Fsp3) is 0.625. The van der Waals surface area contributed by atoms with Crippen molar-refractivity contribution >= 4 is 6.03 Å². The van der Waals surface area contributed by atoms with Crippen LogP contribution in [0.4, 0.5) is 4.79 Å². The first kappa shape index (κ1) is 11.4. The molecule has 0 bridgehead atoms. The Bertz CT molecular complexity index is 302.